The number of carbonyl (C=O) groups is 1. The summed E-state index contributed by atoms with van der Waals surface area (Å²) in [6, 6.07) is 5.30. The van der Waals surface area contributed by atoms with Crippen molar-refractivity contribution >= 4 is 17.3 Å². The third-order valence-electron chi connectivity index (χ3n) is 2.77. The van der Waals surface area contributed by atoms with E-state index in [1.807, 2.05) is 14.1 Å². The van der Waals surface area contributed by atoms with Crippen LogP contribution in [0.4, 0.5) is 11.4 Å². The van der Waals surface area contributed by atoms with E-state index in [-0.39, 0.29) is 11.3 Å². The van der Waals surface area contributed by atoms with E-state index in [9.17, 15) is 4.79 Å². The number of hydrogen-bond acceptors (Lipinski definition) is 4. The monoisotopic (exact) mass is 237 g/mol. The lowest BCUT2D eigenvalue weighted by atomic mass is 10.1. The second-order valence-electron chi connectivity index (χ2n) is 4.30. The van der Waals surface area contributed by atoms with Gasteiger partial charge in [0.25, 0.3) is 0 Å². The van der Waals surface area contributed by atoms with Crippen LogP contribution in [-0.4, -0.2) is 42.7 Å². The van der Waals surface area contributed by atoms with Crippen LogP contribution in [0.2, 0.25) is 0 Å². The van der Waals surface area contributed by atoms with Crippen LogP contribution in [0.25, 0.3) is 0 Å². The Kier molecular flexibility index (Phi) is 4.34. The molecule has 0 saturated carbocycles. The third kappa shape index (κ3) is 3.64. The highest BCUT2D eigenvalue weighted by molar-refractivity contribution is 5.94. The van der Waals surface area contributed by atoms with Crippen molar-refractivity contribution < 1.29 is 9.90 Å². The Morgan fingerprint density at radius 3 is 2.71 bits per heavy atom. The largest absolute Gasteiger partial charge is 0.478 e. The van der Waals surface area contributed by atoms with E-state index in [2.05, 4.69) is 17.1 Å². The summed E-state index contributed by atoms with van der Waals surface area (Å²) >= 11 is 0. The molecule has 94 valence electrons. The van der Waals surface area contributed by atoms with Crippen LogP contribution in [0.15, 0.2) is 18.2 Å². The number of benzene rings is 1. The summed E-state index contributed by atoms with van der Waals surface area (Å²) in [5.41, 5.74) is 6.76. The number of nitrogens with one attached hydrogen (secondary N) is 1. The number of likely N-dealkylation sites (N-methyl/N-ethyl adjacent to an activating group) is 1. The summed E-state index contributed by atoms with van der Waals surface area (Å²) in [7, 11) is 4.00. The maximum atomic E-state index is 10.9. The fourth-order valence-electron chi connectivity index (χ4n) is 1.30. The SMILES string of the molecule is CC(CNc1ccc(N)c(C(=O)O)c1)N(C)C. The Morgan fingerprint density at radius 2 is 2.18 bits per heavy atom. The van der Waals surface area contributed by atoms with Gasteiger partial charge in [-0.05, 0) is 39.2 Å². The van der Waals surface area contributed by atoms with Crippen LogP contribution in [0.1, 0.15) is 17.3 Å². The predicted octanol–water partition coefficient (Wildman–Crippen LogP) is 1.33. The average Bonchev–Trinajstić information content (AvgIpc) is 2.26. The molecule has 0 aliphatic heterocycles. The van der Waals surface area contributed by atoms with Crippen molar-refractivity contribution in [2.45, 2.75) is 13.0 Å². The van der Waals surface area contributed by atoms with Crippen molar-refractivity contribution in [1.29, 1.82) is 0 Å². The second kappa shape index (κ2) is 5.54. The van der Waals surface area contributed by atoms with Crippen LogP contribution in [-0.2, 0) is 0 Å². The van der Waals surface area contributed by atoms with Gasteiger partial charge in [-0.25, -0.2) is 4.79 Å². The first-order chi connectivity index (χ1) is 7.91. The highest BCUT2D eigenvalue weighted by Crippen LogP contribution is 2.17. The Hall–Kier alpha value is -1.75. The zero-order valence-electron chi connectivity index (χ0n) is 10.4. The van der Waals surface area contributed by atoms with E-state index in [0.717, 1.165) is 12.2 Å². The molecule has 0 radical (unpaired) electrons. The van der Waals surface area contributed by atoms with E-state index < -0.39 is 5.97 Å². The predicted molar refractivity (Wildman–Crippen MR) is 69.5 cm³/mol. The van der Waals surface area contributed by atoms with Gasteiger partial charge in [-0.2, -0.15) is 0 Å². The van der Waals surface area contributed by atoms with Gasteiger partial charge < -0.3 is 21.1 Å². The quantitative estimate of drug-likeness (QED) is 0.673. The van der Waals surface area contributed by atoms with Crippen LogP contribution in [0, 0.1) is 0 Å². The highest BCUT2D eigenvalue weighted by atomic mass is 16.4. The topological polar surface area (TPSA) is 78.6 Å². The van der Waals surface area contributed by atoms with Crippen molar-refractivity contribution in [2.75, 3.05) is 31.7 Å². The molecule has 17 heavy (non-hydrogen) atoms. The van der Waals surface area contributed by atoms with E-state index in [1.165, 1.54) is 0 Å². The van der Waals surface area contributed by atoms with Crippen LogP contribution < -0.4 is 11.1 Å². The molecule has 0 aliphatic carbocycles. The lowest BCUT2D eigenvalue weighted by Gasteiger charge is -2.20. The van der Waals surface area contributed by atoms with Gasteiger partial charge in [0.05, 0.1) is 5.56 Å². The first kappa shape index (κ1) is 13.3. The van der Waals surface area contributed by atoms with Crippen molar-refractivity contribution in [3.8, 4) is 0 Å². The van der Waals surface area contributed by atoms with Gasteiger partial charge in [0.15, 0.2) is 0 Å². The van der Waals surface area contributed by atoms with Crippen LogP contribution in [0.3, 0.4) is 0 Å². The van der Waals surface area contributed by atoms with E-state index in [1.54, 1.807) is 18.2 Å². The van der Waals surface area contributed by atoms with Gasteiger partial charge >= 0.3 is 5.97 Å². The summed E-state index contributed by atoms with van der Waals surface area (Å²) in [6.07, 6.45) is 0. The molecule has 1 aromatic rings. The maximum absolute atomic E-state index is 10.9. The van der Waals surface area contributed by atoms with Gasteiger partial charge in [0.1, 0.15) is 0 Å². The molecular formula is C12H19N3O2. The highest BCUT2D eigenvalue weighted by Gasteiger charge is 2.09. The Balaban J connectivity index is 2.73. The van der Waals surface area contributed by atoms with Gasteiger partial charge in [0.2, 0.25) is 0 Å². The normalized spacial score (nSPS) is 12.5. The fourth-order valence-corrected chi connectivity index (χ4v) is 1.30. The molecule has 0 aliphatic rings. The lowest BCUT2D eigenvalue weighted by Crippen LogP contribution is -2.31. The van der Waals surface area contributed by atoms with Crippen LogP contribution in [0.5, 0.6) is 0 Å². The van der Waals surface area contributed by atoms with Crippen LogP contribution >= 0.6 is 0 Å². The molecule has 0 spiro atoms. The summed E-state index contributed by atoms with van der Waals surface area (Å²) in [5, 5.41) is 12.1. The maximum Gasteiger partial charge on any atom is 0.337 e. The molecule has 4 N–H and O–H groups in total. The molecule has 0 amide bonds. The molecule has 1 unspecified atom stereocenters. The molecule has 0 saturated heterocycles. The average molecular weight is 237 g/mol. The molecule has 0 heterocycles. The number of aromatic carboxylic acids is 1. The van der Waals surface area contributed by atoms with Crippen molar-refractivity contribution in [2.24, 2.45) is 0 Å². The Labute approximate surface area is 101 Å². The molecule has 0 bridgehead atoms. The summed E-state index contributed by atoms with van der Waals surface area (Å²) in [4.78, 5) is 13.0. The van der Waals surface area contributed by atoms with Crippen molar-refractivity contribution in [1.82, 2.24) is 4.90 Å². The molecule has 0 fully saturated rings. The molecule has 1 aromatic carbocycles. The first-order valence-corrected chi connectivity index (χ1v) is 5.45. The summed E-state index contributed by atoms with van der Waals surface area (Å²) in [5.74, 6) is -1.01. The number of nitrogens with two attached hydrogens (primary N) is 1. The smallest absolute Gasteiger partial charge is 0.337 e. The molecule has 1 rings (SSSR count). The standard InChI is InChI=1S/C12H19N3O2/c1-8(15(2)3)7-14-9-4-5-11(13)10(6-9)12(16)17/h4-6,8,14H,7,13H2,1-3H3,(H,16,17). The number of anilines is 2. The van der Waals surface area contributed by atoms with Gasteiger partial charge in [-0.3, -0.25) is 0 Å². The summed E-state index contributed by atoms with van der Waals surface area (Å²) in [6.45, 7) is 2.83. The molecule has 5 heteroatoms. The molecule has 5 nitrogen and oxygen atoms in total. The minimum atomic E-state index is -1.01. The number of nitrogen functional groups attached to an aromatic ring is 1. The van der Waals surface area contributed by atoms with E-state index in [4.69, 9.17) is 10.8 Å². The number of carboxylic acid groups (broad SMARTS) is 1. The Bertz CT molecular complexity index is 405. The molecular weight excluding hydrogens is 218 g/mol. The van der Waals surface area contributed by atoms with E-state index in [0.29, 0.717) is 6.04 Å². The number of rotatable bonds is 5. The number of hydrogen-bond donors (Lipinski definition) is 3. The fraction of sp³-hybridized carbons (Fsp3) is 0.417. The zero-order valence-corrected chi connectivity index (χ0v) is 10.4. The Morgan fingerprint density at radius 1 is 1.53 bits per heavy atom. The van der Waals surface area contributed by atoms with Crippen molar-refractivity contribution in [3.63, 3.8) is 0 Å². The summed E-state index contributed by atoms with van der Waals surface area (Å²) < 4.78 is 0. The first-order valence-electron chi connectivity index (χ1n) is 5.45. The van der Waals surface area contributed by atoms with Gasteiger partial charge in [-0.15, -0.1) is 0 Å². The minimum absolute atomic E-state index is 0.132. The third-order valence-corrected chi connectivity index (χ3v) is 2.77. The van der Waals surface area contributed by atoms with Gasteiger partial charge in [0, 0.05) is 24.0 Å². The molecule has 0 aromatic heterocycles. The number of carboxylic acids is 1. The second-order valence-corrected chi connectivity index (χ2v) is 4.30. The lowest BCUT2D eigenvalue weighted by molar-refractivity contribution is 0.0698. The number of nitrogens with zero attached hydrogens (tertiary/aromatic N) is 1. The zero-order chi connectivity index (χ0) is 13.0. The van der Waals surface area contributed by atoms with E-state index >= 15 is 0 Å². The molecule has 1 atom stereocenters. The van der Waals surface area contributed by atoms with Gasteiger partial charge in [-0.1, -0.05) is 0 Å². The van der Waals surface area contributed by atoms with Crippen molar-refractivity contribution in [3.05, 3.63) is 23.8 Å². The minimum Gasteiger partial charge on any atom is -0.478 e.